The molecule has 1 rings (SSSR count). The molecule has 2 N–H and O–H groups in total. The Morgan fingerprint density at radius 1 is 1.25 bits per heavy atom. The number of nitrogens with two attached hydrogens (primary N) is 1. The van der Waals surface area contributed by atoms with Gasteiger partial charge in [-0.3, -0.25) is 4.57 Å². The lowest BCUT2D eigenvalue weighted by atomic mass is 10.2. The van der Waals surface area contributed by atoms with E-state index in [0.29, 0.717) is 24.2 Å². The van der Waals surface area contributed by atoms with Crippen LogP contribution in [-0.2, 0) is 13.6 Å². The second-order valence-corrected chi connectivity index (χ2v) is 5.32. The first-order valence-corrected chi connectivity index (χ1v) is 6.84. The number of nitrogen functional groups attached to an aromatic ring is 1. The molecular formula is C11H18NO3P. The van der Waals surface area contributed by atoms with Crippen molar-refractivity contribution in [3.05, 3.63) is 23.8 Å². The minimum absolute atomic E-state index is 0.339. The van der Waals surface area contributed by atoms with Gasteiger partial charge in [0.1, 0.15) is 0 Å². The molecule has 0 unspecified atom stereocenters. The van der Waals surface area contributed by atoms with E-state index < -0.39 is 7.60 Å². The lowest BCUT2D eigenvalue weighted by Gasteiger charge is -2.19. The molecule has 5 heteroatoms. The van der Waals surface area contributed by atoms with Crippen molar-refractivity contribution in [1.82, 2.24) is 0 Å². The van der Waals surface area contributed by atoms with Gasteiger partial charge >= 0.3 is 7.60 Å². The summed E-state index contributed by atoms with van der Waals surface area (Å²) in [5.41, 5.74) is 7.13. The van der Waals surface area contributed by atoms with Gasteiger partial charge in [0.2, 0.25) is 0 Å². The molecular weight excluding hydrogens is 225 g/mol. The Bertz CT molecular complexity index is 396. The summed E-state index contributed by atoms with van der Waals surface area (Å²) in [6.45, 7) is 6.06. The molecule has 90 valence electrons. The molecule has 16 heavy (non-hydrogen) atoms. The van der Waals surface area contributed by atoms with Gasteiger partial charge in [0.25, 0.3) is 0 Å². The molecule has 4 nitrogen and oxygen atoms in total. The van der Waals surface area contributed by atoms with E-state index in [2.05, 4.69) is 0 Å². The van der Waals surface area contributed by atoms with Crippen molar-refractivity contribution in [2.75, 3.05) is 18.9 Å². The van der Waals surface area contributed by atoms with Gasteiger partial charge in [0.15, 0.2) is 0 Å². The van der Waals surface area contributed by atoms with Crippen molar-refractivity contribution in [2.24, 2.45) is 0 Å². The molecule has 0 fully saturated rings. The van der Waals surface area contributed by atoms with Crippen LogP contribution in [0.4, 0.5) is 5.69 Å². The van der Waals surface area contributed by atoms with Crippen LogP contribution in [0.15, 0.2) is 18.2 Å². The Labute approximate surface area is 96.3 Å². The summed E-state index contributed by atoms with van der Waals surface area (Å²) >= 11 is 0. The standard InChI is InChI=1S/C11H18NO3P/c1-4-14-16(13,15-5-2)11-8-6-7-10(12)9(11)3/h6-8H,4-5,12H2,1-3H3. The molecule has 0 aliphatic carbocycles. The van der Waals surface area contributed by atoms with Crippen LogP contribution >= 0.6 is 7.60 Å². The van der Waals surface area contributed by atoms with E-state index in [1.807, 2.05) is 6.92 Å². The lowest BCUT2D eigenvalue weighted by Crippen LogP contribution is -2.15. The third kappa shape index (κ3) is 2.64. The van der Waals surface area contributed by atoms with E-state index in [9.17, 15) is 4.57 Å². The predicted octanol–water partition coefficient (Wildman–Crippen LogP) is 2.47. The van der Waals surface area contributed by atoms with E-state index in [4.69, 9.17) is 14.8 Å². The zero-order valence-electron chi connectivity index (χ0n) is 9.90. The Morgan fingerprint density at radius 2 is 1.81 bits per heavy atom. The predicted molar refractivity (Wildman–Crippen MR) is 66.1 cm³/mol. The second-order valence-electron chi connectivity index (χ2n) is 3.32. The van der Waals surface area contributed by atoms with Crippen LogP contribution in [0.1, 0.15) is 19.4 Å². The highest BCUT2D eigenvalue weighted by atomic mass is 31.2. The summed E-state index contributed by atoms with van der Waals surface area (Å²) < 4.78 is 23.0. The molecule has 0 saturated heterocycles. The molecule has 0 aliphatic heterocycles. The van der Waals surface area contributed by atoms with Crippen LogP contribution < -0.4 is 11.0 Å². The number of benzene rings is 1. The monoisotopic (exact) mass is 243 g/mol. The van der Waals surface area contributed by atoms with Crippen LogP contribution in [0, 0.1) is 6.92 Å². The van der Waals surface area contributed by atoms with Gasteiger partial charge in [-0.1, -0.05) is 6.07 Å². The average Bonchev–Trinajstić information content (AvgIpc) is 2.22. The third-order valence-electron chi connectivity index (χ3n) is 2.24. The fraction of sp³-hybridized carbons (Fsp3) is 0.455. The second kappa shape index (κ2) is 5.48. The molecule has 1 aromatic carbocycles. The molecule has 0 bridgehead atoms. The van der Waals surface area contributed by atoms with Crippen molar-refractivity contribution < 1.29 is 13.6 Å². The maximum Gasteiger partial charge on any atom is 0.361 e. The highest BCUT2D eigenvalue weighted by molar-refractivity contribution is 7.62. The maximum atomic E-state index is 12.5. The highest BCUT2D eigenvalue weighted by Gasteiger charge is 2.28. The molecule has 0 aromatic heterocycles. The molecule has 0 aliphatic rings. The van der Waals surface area contributed by atoms with Crippen molar-refractivity contribution in [3.63, 3.8) is 0 Å². The summed E-state index contributed by atoms with van der Waals surface area (Å²) in [5, 5.41) is 0.552. The number of hydrogen-bond donors (Lipinski definition) is 1. The summed E-state index contributed by atoms with van der Waals surface area (Å²) in [6, 6.07) is 5.25. The van der Waals surface area contributed by atoms with Crippen molar-refractivity contribution in [3.8, 4) is 0 Å². The van der Waals surface area contributed by atoms with Gasteiger partial charge in [-0.15, -0.1) is 0 Å². The van der Waals surface area contributed by atoms with Gasteiger partial charge in [-0.2, -0.15) is 0 Å². The molecule has 0 atom stereocenters. The van der Waals surface area contributed by atoms with Crippen molar-refractivity contribution >= 4 is 18.6 Å². The maximum absolute atomic E-state index is 12.5. The quantitative estimate of drug-likeness (QED) is 0.637. The van der Waals surface area contributed by atoms with Crippen LogP contribution in [0.25, 0.3) is 0 Å². The van der Waals surface area contributed by atoms with E-state index in [-0.39, 0.29) is 0 Å². The van der Waals surface area contributed by atoms with E-state index in [0.717, 1.165) is 5.56 Å². The van der Waals surface area contributed by atoms with E-state index >= 15 is 0 Å². The van der Waals surface area contributed by atoms with Gasteiger partial charge in [0, 0.05) is 5.69 Å². The number of anilines is 1. The van der Waals surface area contributed by atoms with E-state index in [1.165, 1.54) is 0 Å². The topological polar surface area (TPSA) is 61.5 Å². The number of hydrogen-bond acceptors (Lipinski definition) is 4. The van der Waals surface area contributed by atoms with Crippen molar-refractivity contribution in [1.29, 1.82) is 0 Å². The zero-order valence-corrected chi connectivity index (χ0v) is 10.8. The van der Waals surface area contributed by atoms with Crippen molar-refractivity contribution in [2.45, 2.75) is 20.8 Å². The fourth-order valence-electron chi connectivity index (χ4n) is 1.45. The largest absolute Gasteiger partial charge is 0.398 e. The molecule has 0 saturated carbocycles. The van der Waals surface area contributed by atoms with Crippen LogP contribution in [0.2, 0.25) is 0 Å². The molecule has 0 amide bonds. The minimum Gasteiger partial charge on any atom is -0.398 e. The first kappa shape index (κ1) is 13.2. The Kier molecular flexibility index (Phi) is 4.54. The average molecular weight is 243 g/mol. The molecule has 0 radical (unpaired) electrons. The highest BCUT2D eigenvalue weighted by Crippen LogP contribution is 2.48. The van der Waals surface area contributed by atoms with Gasteiger partial charge < -0.3 is 14.8 Å². The van der Waals surface area contributed by atoms with Crippen LogP contribution in [0.3, 0.4) is 0 Å². The lowest BCUT2D eigenvalue weighted by molar-refractivity contribution is 0.230. The molecule has 1 aromatic rings. The summed E-state index contributed by atoms with van der Waals surface area (Å²) in [7, 11) is -3.22. The minimum atomic E-state index is -3.22. The Hall–Kier alpha value is -0.830. The first-order valence-electron chi connectivity index (χ1n) is 5.30. The van der Waals surface area contributed by atoms with Gasteiger partial charge in [-0.25, -0.2) is 0 Å². The Morgan fingerprint density at radius 3 is 2.31 bits per heavy atom. The number of rotatable bonds is 5. The molecule has 0 spiro atoms. The summed E-state index contributed by atoms with van der Waals surface area (Å²) in [6.07, 6.45) is 0. The summed E-state index contributed by atoms with van der Waals surface area (Å²) in [5.74, 6) is 0. The first-order chi connectivity index (χ1) is 7.55. The van der Waals surface area contributed by atoms with Gasteiger partial charge in [0.05, 0.1) is 18.5 Å². The van der Waals surface area contributed by atoms with Crippen LogP contribution in [-0.4, -0.2) is 13.2 Å². The Balaban J connectivity index is 3.21. The SMILES string of the molecule is CCOP(=O)(OCC)c1cccc(N)c1C. The van der Waals surface area contributed by atoms with Gasteiger partial charge in [-0.05, 0) is 38.5 Å². The van der Waals surface area contributed by atoms with E-state index in [1.54, 1.807) is 32.0 Å². The fourth-order valence-corrected chi connectivity index (χ4v) is 3.29. The smallest absolute Gasteiger partial charge is 0.361 e. The normalized spacial score (nSPS) is 11.7. The van der Waals surface area contributed by atoms with Crippen LogP contribution in [0.5, 0.6) is 0 Å². The third-order valence-corrected chi connectivity index (χ3v) is 4.51. The molecule has 0 heterocycles. The zero-order chi connectivity index (χ0) is 12.2. The summed E-state index contributed by atoms with van der Waals surface area (Å²) in [4.78, 5) is 0.